The molecule has 0 saturated carbocycles. The molecule has 3 aromatic carbocycles. The fourth-order valence-corrected chi connectivity index (χ4v) is 3.51. The van der Waals surface area contributed by atoms with Crippen LogP contribution in [0.3, 0.4) is 0 Å². The molecule has 0 aliphatic carbocycles. The molecule has 2 N–H and O–H groups in total. The molecule has 2 amide bonds. The van der Waals surface area contributed by atoms with Crippen molar-refractivity contribution in [3.8, 4) is 23.0 Å². The van der Waals surface area contributed by atoms with Crippen molar-refractivity contribution in [1.82, 2.24) is 10.3 Å². The third kappa shape index (κ3) is 5.40. The summed E-state index contributed by atoms with van der Waals surface area (Å²) in [7, 11) is 3.06. The largest absolute Gasteiger partial charge is 0.493 e. The molecule has 0 spiro atoms. The number of halogens is 2. The summed E-state index contributed by atoms with van der Waals surface area (Å²) in [6.45, 7) is 1.74. The van der Waals surface area contributed by atoms with Crippen LogP contribution < -0.4 is 24.8 Å². The molecule has 7 nitrogen and oxygen atoms in total. The molecular formula is C26H23F2N3O4. The molecule has 180 valence electrons. The normalized spacial score (nSPS) is 11.6. The third-order valence-corrected chi connectivity index (χ3v) is 5.34. The van der Waals surface area contributed by atoms with Gasteiger partial charge in [0.2, 0.25) is 0 Å². The number of benzene rings is 3. The zero-order valence-electron chi connectivity index (χ0n) is 19.3. The Morgan fingerprint density at radius 1 is 0.914 bits per heavy atom. The standard InChI is InChI=1S/C26H23F2N3O4/c1-15(16-4-6-17(27)7-5-16)30-26(32)31-21-9-8-18(12-20(21)28)35-23-10-11-29-22-14-25(34-3)24(33-2)13-19(22)23/h4-15H,1-3H3,(H2,30,31,32)/t15-/m0/s1. The van der Waals surface area contributed by atoms with E-state index in [4.69, 9.17) is 14.2 Å². The average molecular weight is 479 g/mol. The summed E-state index contributed by atoms with van der Waals surface area (Å²) in [6.07, 6.45) is 1.57. The van der Waals surface area contributed by atoms with Gasteiger partial charge in [-0.15, -0.1) is 0 Å². The smallest absolute Gasteiger partial charge is 0.319 e. The SMILES string of the molecule is COc1cc2nccc(Oc3ccc(NC(=O)N[C@@H](C)c4ccc(F)cc4)c(F)c3)c2cc1OC. The molecule has 4 rings (SSSR count). The van der Waals surface area contributed by atoms with Gasteiger partial charge in [-0.3, -0.25) is 4.98 Å². The Hall–Kier alpha value is -4.40. The molecule has 0 bridgehead atoms. The molecule has 0 aliphatic rings. The van der Waals surface area contributed by atoms with Gasteiger partial charge in [-0.2, -0.15) is 0 Å². The van der Waals surface area contributed by atoms with Crippen molar-refractivity contribution in [2.75, 3.05) is 19.5 Å². The number of fused-ring (bicyclic) bond motifs is 1. The second kappa shape index (κ2) is 10.3. The zero-order chi connectivity index (χ0) is 24.9. The lowest BCUT2D eigenvalue weighted by Crippen LogP contribution is -2.31. The number of methoxy groups -OCH3 is 2. The molecule has 0 aliphatic heterocycles. The molecule has 9 heteroatoms. The van der Waals surface area contributed by atoms with E-state index in [2.05, 4.69) is 15.6 Å². The van der Waals surface area contributed by atoms with Gasteiger partial charge < -0.3 is 24.8 Å². The molecule has 0 radical (unpaired) electrons. The van der Waals surface area contributed by atoms with Crippen LogP contribution in [-0.2, 0) is 0 Å². The van der Waals surface area contributed by atoms with Gasteiger partial charge in [0.05, 0.1) is 31.5 Å². The van der Waals surface area contributed by atoms with Crippen molar-refractivity contribution in [2.24, 2.45) is 0 Å². The first-order valence-corrected chi connectivity index (χ1v) is 10.7. The van der Waals surface area contributed by atoms with Crippen LogP contribution in [0.4, 0.5) is 19.3 Å². The van der Waals surface area contributed by atoms with E-state index in [9.17, 15) is 13.6 Å². The second-order valence-corrected chi connectivity index (χ2v) is 7.65. The van der Waals surface area contributed by atoms with Crippen LogP contribution in [0.15, 0.2) is 66.9 Å². The molecule has 1 heterocycles. The van der Waals surface area contributed by atoms with E-state index < -0.39 is 17.9 Å². The van der Waals surface area contributed by atoms with E-state index in [1.54, 1.807) is 43.5 Å². The minimum atomic E-state index is -0.676. The molecular weight excluding hydrogens is 456 g/mol. The van der Waals surface area contributed by atoms with Crippen molar-refractivity contribution in [2.45, 2.75) is 13.0 Å². The zero-order valence-corrected chi connectivity index (χ0v) is 19.3. The first-order chi connectivity index (χ1) is 16.9. The molecule has 1 aromatic heterocycles. The van der Waals surface area contributed by atoms with E-state index in [0.29, 0.717) is 33.7 Å². The summed E-state index contributed by atoms with van der Waals surface area (Å²) in [5.74, 6) is 0.665. The van der Waals surface area contributed by atoms with Crippen molar-refractivity contribution in [1.29, 1.82) is 0 Å². The summed E-state index contributed by atoms with van der Waals surface area (Å²) >= 11 is 0. The maximum Gasteiger partial charge on any atom is 0.319 e. The summed E-state index contributed by atoms with van der Waals surface area (Å²) < 4.78 is 44.4. The highest BCUT2D eigenvalue weighted by atomic mass is 19.1. The lowest BCUT2D eigenvalue weighted by molar-refractivity contribution is 0.249. The number of carbonyl (C=O) groups excluding carboxylic acids is 1. The number of aromatic nitrogens is 1. The number of carbonyl (C=O) groups is 1. The molecule has 0 saturated heterocycles. The number of hydrogen-bond donors (Lipinski definition) is 2. The Morgan fingerprint density at radius 3 is 2.31 bits per heavy atom. The van der Waals surface area contributed by atoms with E-state index in [0.717, 1.165) is 0 Å². The van der Waals surface area contributed by atoms with Gasteiger partial charge in [0.1, 0.15) is 23.1 Å². The number of rotatable bonds is 7. The van der Waals surface area contributed by atoms with Crippen LogP contribution >= 0.6 is 0 Å². The number of ether oxygens (including phenoxy) is 3. The topological polar surface area (TPSA) is 81.7 Å². The van der Waals surface area contributed by atoms with Gasteiger partial charge >= 0.3 is 6.03 Å². The molecule has 1 atom stereocenters. The highest BCUT2D eigenvalue weighted by Crippen LogP contribution is 2.37. The minimum absolute atomic E-state index is 0.0212. The van der Waals surface area contributed by atoms with E-state index in [1.807, 2.05) is 0 Å². The number of nitrogens with zero attached hydrogens (tertiary/aromatic N) is 1. The first-order valence-electron chi connectivity index (χ1n) is 10.7. The van der Waals surface area contributed by atoms with Crippen LogP contribution in [0.2, 0.25) is 0 Å². The summed E-state index contributed by atoms with van der Waals surface area (Å²) in [5, 5.41) is 5.82. The number of nitrogens with one attached hydrogen (secondary N) is 2. The Bertz CT molecular complexity index is 1360. The highest BCUT2D eigenvalue weighted by molar-refractivity contribution is 5.90. The van der Waals surface area contributed by atoms with E-state index >= 15 is 0 Å². The number of pyridine rings is 1. The average Bonchev–Trinajstić information content (AvgIpc) is 2.85. The minimum Gasteiger partial charge on any atom is -0.493 e. The third-order valence-electron chi connectivity index (χ3n) is 5.34. The van der Waals surface area contributed by atoms with Crippen molar-refractivity contribution < 1.29 is 27.8 Å². The summed E-state index contributed by atoms with van der Waals surface area (Å²) in [6, 6.07) is 14.0. The predicted octanol–water partition coefficient (Wildman–Crippen LogP) is 6.21. The maximum atomic E-state index is 14.7. The van der Waals surface area contributed by atoms with Crippen LogP contribution in [-0.4, -0.2) is 25.2 Å². The van der Waals surface area contributed by atoms with Gasteiger partial charge in [-0.1, -0.05) is 12.1 Å². The molecule has 0 unspecified atom stereocenters. The van der Waals surface area contributed by atoms with Crippen LogP contribution in [0.25, 0.3) is 10.9 Å². The van der Waals surface area contributed by atoms with Crippen LogP contribution in [0.5, 0.6) is 23.0 Å². The van der Waals surface area contributed by atoms with Gasteiger partial charge in [0, 0.05) is 23.7 Å². The summed E-state index contributed by atoms with van der Waals surface area (Å²) in [5.41, 5.74) is 1.31. The fourth-order valence-electron chi connectivity index (χ4n) is 3.51. The molecule has 4 aromatic rings. The lowest BCUT2D eigenvalue weighted by atomic mass is 10.1. The summed E-state index contributed by atoms with van der Waals surface area (Å²) in [4.78, 5) is 16.6. The number of amides is 2. The Labute approximate surface area is 200 Å². The van der Waals surface area contributed by atoms with E-state index in [1.165, 1.54) is 44.6 Å². The monoisotopic (exact) mass is 479 g/mol. The maximum absolute atomic E-state index is 14.7. The fraction of sp³-hybridized carbons (Fsp3) is 0.154. The quantitative estimate of drug-likeness (QED) is 0.330. The first kappa shape index (κ1) is 23.7. The highest BCUT2D eigenvalue weighted by Gasteiger charge is 2.14. The Kier molecular flexibility index (Phi) is 6.96. The van der Waals surface area contributed by atoms with Gasteiger partial charge in [0.15, 0.2) is 11.5 Å². The van der Waals surface area contributed by atoms with Gasteiger partial charge in [0.25, 0.3) is 0 Å². The molecule has 0 fully saturated rings. The van der Waals surface area contributed by atoms with Crippen LogP contribution in [0.1, 0.15) is 18.5 Å². The predicted molar refractivity (Wildman–Crippen MR) is 128 cm³/mol. The lowest BCUT2D eigenvalue weighted by Gasteiger charge is -2.16. The van der Waals surface area contributed by atoms with Gasteiger partial charge in [-0.05, 0) is 48.9 Å². The Morgan fingerprint density at radius 2 is 1.63 bits per heavy atom. The molecule has 35 heavy (non-hydrogen) atoms. The van der Waals surface area contributed by atoms with E-state index in [-0.39, 0.29) is 17.3 Å². The number of anilines is 1. The Balaban J connectivity index is 1.48. The number of hydrogen-bond acceptors (Lipinski definition) is 5. The van der Waals surface area contributed by atoms with Crippen molar-refractivity contribution in [3.05, 3.63) is 84.1 Å². The van der Waals surface area contributed by atoms with Crippen LogP contribution in [0, 0.1) is 11.6 Å². The van der Waals surface area contributed by atoms with Crippen molar-refractivity contribution in [3.63, 3.8) is 0 Å². The van der Waals surface area contributed by atoms with Gasteiger partial charge in [-0.25, -0.2) is 13.6 Å². The van der Waals surface area contributed by atoms with Crippen molar-refractivity contribution >= 4 is 22.6 Å². The second-order valence-electron chi connectivity index (χ2n) is 7.65. The number of urea groups is 1.